The van der Waals surface area contributed by atoms with Gasteiger partial charge in [0.25, 0.3) is 11.6 Å². The number of nitro benzene ring substituents is 1. The van der Waals surface area contributed by atoms with E-state index in [0.717, 1.165) is 22.9 Å². The summed E-state index contributed by atoms with van der Waals surface area (Å²) in [5.41, 5.74) is -0.214. The van der Waals surface area contributed by atoms with E-state index < -0.39 is 29.1 Å². The average Bonchev–Trinajstić information content (AvgIpc) is 2.65. The second-order valence-corrected chi connectivity index (χ2v) is 6.04. The molecule has 0 aromatic heterocycles. The Morgan fingerprint density at radius 1 is 1.04 bits per heavy atom. The van der Waals surface area contributed by atoms with Crippen molar-refractivity contribution in [3.05, 3.63) is 81.4 Å². The Labute approximate surface area is 158 Å². The number of ether oxygens (including phenoxy) is 1. The van der Waals surface area contributed by atoms with Crippen molar-refractivity contribution in [2.45, 2.75) is 0 Å². The van der Waals surface area contributed by atoms with Gasteiger partial charge in [-0.25, -0.2) is 4.79 Å². The summed E-state index contributed by atoms with van der Waals surface area (Å²) in [7, 11) is 0. The first kappa shape index (κ1) is 18.3. The van der Waals surface area contributed by atoms with Crippen molar-refractivity contribution in [2.24, 2.45) is 0 Å². The number of nitro groups is 1. The Morgan fingerprint density at radius 3 is 2.52 bits per heavy atom. The highest BCUT2D eigenvalue weighted by Gasteiger charge is 2.22. The first-order chi connectivity index (χ1) is 12.9. The van der Waals surface area contributed by atoms with Gasteiger partial charge in [-0.1, -0.05) is 41.9 Å². The molecule has 3 aromatic carbocycles. The van der Waals surface area contributed by atoms with Gasteiger partial charge in [0.05, 0.1) is 4.92 Å². The minimum Gasteiger partial charge on any atom is -0.452 e. The van der Waals surface area contributed by atoms with Crippen molar-refractivity contribution in [1.82, 2.24) is 0 Å². The summed E-state index contributed by atoms with van der Waals surface area (Å²) in [6, 6.07) is 16.5. The molecule has 3 aromatic rings. The molecule has 136 valence electrons. The largest absolute Gasteiger partial charge is 0.452 e. The maximum absolute atomic E-state index is 12.1. The summed E-state index contributed by atoms with van der Waals surface area (Å²) in [5.74, 6) is -1.57. The van der Waals surface area contributed by atoms with Crippen molar-refractivity contribution >= 4 is 45.6 Å². The van der Waals surface area contributed by atoms with Crippen LogP contribution in [0.1, 0.15) is 10.4 Å². The van der Waals surface area contributed by atoms with E-state index >= 15 is 0 Å². The van der Waals surface area contributed by atoms with Gasteiger partial charge in [-0.05, 0) is 35.0 Å². The van der Waals surface area contributed by atoms with Gasteiger partial charge in [0.15, 0.2) is 6.61 Å². The van der Waals surface area contributed by atoms with Gasteiger partial charge in [-0.15, -0.1) is 0 Å². The van der Waals surface area contributed by atoms with Gasteiger partial charge in [-0.3, -0.25) is 14.9 Å². The molecule has 0 radical (unpaired) electrons. The van der Waals surface area contributed by atoms with Crippen LogP contribution in [-0.2, 0) is 9.53 Å². The van der Waals surface area contributed by atoms with Crippen LogP contribution in [0.3, 0.4) is 0 Å². The molecule has 0 bridgehead atoms. The Bertz CT molecular complexity index is 1050. The fourth-order valence-electron chi connectivity index (χ4n) is 2.50. The Hall–Kier alpha value is -3.45. The first-order valence-corrected chi connectivity index (χ1v) is 8.21. The lowest BCUT2D eigenvalue weighted by Crippen LogP contribution is -2.21. The Morgan fingerprint density at radius 2 is 1.78 bits per heavy atom. The molecule has 0 aliphatic heterocycles. The fraction of sp³-hybridized carbons (Fsp3) is 0.0526. The van der Waals surface area contributed by atoms with E-state index in [0.29, 0.717) is 5.69 Å². The van der Waals surface area contributed by atoms with Gasteiger partial charge in [-0.2, -0.15) is 0 Å². The predicted molar refractivity (Wildman–Crippen MR) is 101 cm³/mol. The van der Waals surface area contributed by atoms with Crippen molar-refractivity contribution in [3.8, 4) is 0 Å². The van der Waals surface area contributed by atoms with Crippen LogP contribution >= 0.6 is 11.6 Å². The predicted octanol–water partition coefficient (Wildman–Crippen LogP) is 4.20. The third kappa shape index (κ3) is 4.39. The summed E-state index contributed by atoms with van der Waals surface area (Å²) in [5, 5.41) is 15.7. The topological polar surface area (TPSA) is 98.5 Å². The number of amides is 1. The number of carbonyl (C=O) groups is 2. The molecule has 0 heterocycles. The molecule has 1 N–H and O–H groups in total. The smallest absolute Gasteiger partial charge is 0.345 e. The maximum Gasteiger partial charge on any atom is 0.345 e. The molecule has 0 atom stereocenters. The number of benzene rings is 3. The SMILES string of the molecule is O=C(COC(=O)c1cc(Cl)ccc1[N+](=O)[O-])Nc1ccc2ccccc2c1. The highest BCUT2D eigenvalue weighted by Crippen LogP contribution is 2.23. The molecule has 8 heteroatoms. The number of anilines is 1. The number of hydrogen-bond donors (Lipinski definition) is 1. The lowest BCUT2D eigenvalue weighted by atomic mass is 10.1. The highest BCUT2D eigenvalue weighted by molar-refractivity contribution is 6.31. The van der Waals surface area contributed by atoms with Gasteiger partial charge in [0.1, 0.15) is 5.56 Å². The van der Waals surface area contributed by atoms with Crippen LogP contribution in [-0.4, -0.2) is 23.4 Å². The lowest BCUT2D eigenvalue weighted by Gasteiger charge is -2.08. The highest BCUT2D eigenvalue weighted by atomic mass is 35.5. The summed E-state index contributed by atoms with van der Waals surface area (Å²) >= 11 is 5.77. The molecule has 0 unspecified atom stereocenters. The standard InChI is InChI=1S/C19H13ClN2O5/c20-14-6-8-17(22(25)26)16(10-14)19(24)27-11-18(23)21-15-7-5-12-3-1-2-4-13(12)9-15/h1-10H,11H2,(H,21,23). The van der Waals surface area contributed by atoms with Crippen LogP contribution in [0, 0.1) is 10.1 Å². The molecule has 0 saturated heterocycles. The van der Waals surface area contributed by atoms with E-state index in [1.165, 1.54) is 6.07 Å². The molecule has 0 aliphatic carbocycles. The second-order valence-electron chi connectivity index (χ2n) is 5.60. The quantitative estimate of drug-likeness (QED) is 0.404. The van der Waals surface area contributed by atoms with E-state index in [9.17, 15) is 19.7 Å². The molecule has 7 nitrogen and oxygen atoms in total. The number of fused-ring (bicyclic) bond motifs is 1. The van der Waals surface area contributed by atoms with Crippen LogP contribution in [0.5, 0.6) is 0 Å². The van der Waals surface area contributed by atoms with E-state index in [2.05, 4.69) is 5.32 Å². The number of carbonyl (C=O) groups excluding carboxylic acids is 2. The molecule has 0 spiro atoms. The molecular formula is C19H13ClN2O5. The summed E-state index contributed by atoms with van der Waals surface area (Å²) < 4.78 is 4.88. The minimum atomic E-state index is -1.00. The molecule has 0 fully saturated rings. The number of esters is 1. The molecule has 27 heavy (non-hydrogen) atoms. The number of nitrogens with zero attached hydrogens (tertiary/aromatic N) is 1. The third-order valence-electron chi connectivity index (χ3n) is 3.74. The van der Waals surface area contributed by atoms with Crippen LogP contribution in [0.25, 0.3) is 10.8 Å². The van der Waals surface area contributed by atoms with E-state index in [1.54, 1.807) is 12.1 Å². The maximum atomic E-state index is 12.1. The first-order valence-electron chi connectivity index (χ1n) is 7.84. The van der Waals surface area contributed by atoms with Crippen molar-refractivity contribution in [1.29, 1.82) is 0 Å². The molecule has 0 saturated carbocycles. The monoisotopic (exact) mass is 384 g/mol. The van der Waals surface area contributed by atoms with Gasteiger partial charge < -0.3 is 10.1 Å². The van der Waals surface area contributed by atoms with Crippen molar-refractivity contribution < 1.29 is 19.2 Å². The second kappa shape index (κ2) is 7.84. The average molecular weight is 385 g/mol. The Balaban J connectivity index is 1.65. The number of nitrogens with one attached hydrogen (secondary N) is 1. The van der Waals surface area contributed by atoms with Crippen LogP contribution < -0.4 is 5.32 Å². The zero-order valence-electron chi connectivity index (χ0n) is 13.8. The normalized spacial score (nSPS) is 10.4. The molecule has 3 rings (SSSR count). The fourth-order valence-corrected chi connectivity index (χ4v) is 2.68. The van der Waals surface area contributed by atoms with E-state index in [-0.39, 0.29) is 10.6 Å². The van der Waals surface area contributed by atoms with Gasteiger partial charge in [0, 0.05) is 16.8 Å². The number of hydrogen-bond acceptors (Lipinski definition) is 5. The van der Waals surface area contributed by atoms with E-state index in [1.807, 2.05) is 30.3 Å². The van der Waals surface area contributed by atoms with Crippen molar-refractivity contribution in [2.75, 3.05) is 11.9 Å². The zero-order valence-corrected chi connectivity index (χ0v) is 14.6. The lowest BCUT2D eigenvalue weighted by molar-refractivity contribution is -0.385. The summed E-state index contributed by atoms with van der Waals surface area (Å²) in [4.78, 5) is 34.4. The van der Waals surface area contributed by atoms with Crippen LogP contribution in [0.15, 0.2) is 60.7 Å². The van der Waals surface area contributed by atoms with Gasteiger partial charge in [0.2, 0.25) is 0 Å². The van der Waals surface area contributed by atoms with E-state index in [4.69, 9.17) is 16.3 Å². The minimum absolute atomic E-state index is 0.146. The zero-order chi connectivity index (χ0) is 19.4. The summed E-state index contributed by atoms with van der Waals surface area (Å²) in [6.45, 7) is -0.588. The third-order valence-corrected chi connectivity index (χ3v) is 3.98. The van der Waals surface area contributed by atoms with Crippen LogP contribution in [0.4, 0.5) is 11.4 Å². The molecular weight excluding hydrogens is 372 g/mol. The van der Waals surface area contributed by atoms with Gasteiger partial charge >= 0.3 is 5.97 Å². The summed E-state index contributed by atoms with van der Waals surface area (Å²) in [6.07, 6.45) is 0. The molecule has 0 aliphatic rings. The van der Waals surface area contributed by atoms with Crippen molar-refractivity contribution in [3.63, 3.8) is 0 Å². The molecule has 1 amide bonds. The number of rotatable bonds is 5. The van der Waals surface area contributed by atoms with Crippen LogP contribution in [0.2, 0.25) is 5.02 Å². The number of halogens is 1. The Kier molecular flexibility index (Phi) is 5.33.